The van der Waals surface area contributed by atoms with E-state index in [4.69, 9.17) is 9.47 Å². The van der Waals surface area contributed by atoms with Crippen molar-refractivity contribution in [2.24, 2.45) is 0 Å². The van der Waals surface area contributed by atoms with Crippen LogP contribution in [0.4, 0.5) is 5.69 Å². The Hall–Kier alpha value is -2.95. The number of nitrogens with zero attached hydrogens (tertiary/aromatic N) is 1. The van der Waals surface area contributed by atoms with Crippen LogP contribution in [0.15, 0.2) is 42.5 Å². The normalized spacial score (nSPS) is 10.7. The lowest BCUT2D eigenvalue weighted by Gasteiger charge is -2.12. The molecule has 0 aliphatic carbocycles. The van der Waals surface area contributed by atoms with E-state index in [-0.39, 0.29) is 22.8 Å². The zero-order valence-electron chi connectivity index (χ0n) is 14.2. The Labute approximate surface area is 141 Å². The van der Waals surface area contributed by atoms with Gasteiger partial charge in [0, 0.05) is 19.8 Å². The number of phenols is 1. The Morgan fingerprint density at radius 1 is 1.04 bits per heavy atom. The maximum Gasteiger partial charge on any atom is 0.203 e. The third-order valence-corrected chi connectivity index (χ3v) is 3.62. The summed E-state index contributed by atoms with van der Waals surface area (Å²) in [6.45, 7) is 0. The first-order chi connectivity index (χ1) is 11.5. The zero-order valence-corrected chi connectivity index (χ0v) is 14.2. The summed E-state index contributed by atoms with van der Waals surface area (Å²) in [5.41, 5.74) is 2.14. The lowest BCUT2D eigenvalue weighted by atomic mass is 10.1. The van der Waals surface area contributed by atoms with Crippen molar-refractivity contribution >= 4 is 17.5 Å². The standard InChI is InChI=1S/C19H21NO4/c1-20(2)14-8-5-13(6-9-14)7-11-16(21)15-10-12-17(23-3)19(24-4)18(15)22/h5-12,22H,1-4H3/b11-7+. The highest BCUT2D eigenvalue weighted by Gasteiger charge is 2.17. The van der Waals surface area contributed by atoms with Crippen LogP contribution in [0.2, 0.25) is 0 Å². The van der Waals surface area contributed by atoms with Gasteiger partial charge < -0.3 is 19.5 Å². The van der Waals surface area contributed by atoms with Crippen molar-refractivity contribution in [3.8, 4) is 17.2 Å². The van der Waals surface area contributed by atoms with Gasteiger partial charge in [0.15, 0.2) is 17.3 Å². The fraction of sp³-hybridized carbons (Fsp3) is 0.211. The van der Waals surface area contributed by atoms with Gasteiger partial charge in [-0.3, -0.25) is 4.79 Å². The van der Waals surface area contributed by atoms with Crippen LogP contribution >= 0.6 is 0 Å². The monoisotopic (exact) mass is 327 g/mol. The highest BCUT2D eigenvalue weighted by molar-refractivity contribution is 6.09. The summed E-state index contributed by atoms with van der Waals surface area (Å²) < 4.78 is 10.2. The van der Waals surface area contributed by atoms with Crippen LogP contribution in [0.3, 0.4) is 0 Å². The second-order valence-electron chi connectivity index (χ2n) is 5.38. The highest BCUT2D eigenvalue weighted by atomic mass is 16.5. The average molecular weight is 327 g/mol. The van der Waals surface area contributed by atoms with Crippen LogP contribution in [0.25, 0.3) is 6.08 Å². The molecule has 0 spiro atoms. The Morgan fingerprint density at radius 3 is 2.25 bits per heavy atom. The number of hydrogen-bond donors (Lipinski definition) is 1. The lowest BCUT2D eigenvalue weighted by molar-refractivity contribution is 0.104. The maximum absolute atomic E-state index is 12.3. The molecule has 0 radical (unpaired) electrons. The molecule has 0 amide bonds. The van der Waals surface area contributed by atoms with E-state index in [0.29, 0.717) is 5.75 Å². The largest absolute Gasteiger partial charge is 0.504 e. The number of phenolic OH excluding ortho intramolecular Hbond substituents is 1. The van der Waals surface area contributed by atoms with Gasteiger partial charge in [0.05, 0.1) is 19.8 Å². The lowest BCUT2D eigenvalue weighted by Crippen LogP contribution is -2.07. The minimum Gasteiger partial charge on any atom is -0.504 e. The van der Waals surface area contributed by atoms with Crippen molar-refractivity contribution in [1.29, 1.82) is 0 Å². The minimum absolute atomic E-state index is 0.145. The molecular weight excluding hydrogens is 306 g/mol. The molecule has 0 heterocycles. The molecule has 0 unspecified atom stereocenters. The number of carbonyl (C=O) groups excluding carboxylic acids is 1. The van der Waals surface area contributed by atoms with Gasteiger partial charge in [-0.25, -0.2) is 0 Å². The summed E-state index contributed by atoms with van der Waals surface area (Å²) in [4.78, 5) is 14.3. The molecular formula is C19H21NO4. The zero-order chi connectivity index (χ0) is 17.7. The van der Waals surface area contributed by atoms with Gasteiger partial charge in [-0.2, -0.15) is 0 Å². The molecule has 5 nitrogen and oxygen atoms in total. The number of hydrogen-bond acceptors (Lipinski definition) is 5. The van der Waals surface area contributed by atoms with Crippen LogP contribution < -0.4 is 14.4 Å². The summed E-state index contributed by atoms with van der Waals surface area (Å²) in [5.74, 6) is -0.0264. The van der Waals surface area contributed by atoms with Crippen molar-refractivity contribution in [1.82, 2.24) is 0 Å². The summed E-state index contributed by atoms with van der Waals surface area (Å²) in [7, 11) is 6.81. The number of anilines is 1. The van der Waals surface area contributed by atoms with Gasteiger partial charge in [0.1, 0.15) is 0 Å². The first kappa shape index (κ1) is 17.4. The Balaban J connectivity index is 2.23. The fourth-order valence-electron chi connectivity index (χ4n) is 2.25. The van der Waals surface area contributed by atoms with E-state index in [9.17, 15) is 9.90 Å². The molecule has 0 saturated carbocycles. The van der Waals surface area contributed by atoms with E-state index in [1.807, 2.05) is 43.3 Å². The first-order valence-electron chi connectivity index (χ1n) is 7.41. The molecule has 24 heavy (non-hydrogen) atoms. The van der Waals surface area contributed by atoms with E-state index in [1.54, 1.807) is 12.1 Å². The van der Waals surface area contributed by atoms with Gasteiger partial charge >= 0.3 is 0 Å². The third-order valence-electron chi connectivity index (χ3n) is 3.62. The van der Waals surface area contributed by atoms with Crippen LogP contribution in [0, 0.1) is 0 Å². The topological polar surface area (TPSA) is 59.0 Å². The molecule has 2 aromatic rings. The van der Waals surface area contributed by atoms with Crippen LogP contribution in [-0.4, -0.2) is 39.2 Å². The predicted octanol–water partition coefficient (Wildman–Crippen LogP) is 3.37. The number of ether oxygens (including phenoxy) is 2. The minimum atomic E-state index is -0.315. The molecule has 2 rings (SSSR count). The van der Waals surface area contributed by atoms with Crippen LogP contribution in [0.1, 0.15) is 15.9 Å². The fourth-order valence-corrected chi connectivity index (χ4v) is 2.25. The van der Waals surface area contributed by atoms with Gasteiger partial charge in [0.25, 0.3) is 0 Å². The van der Waals surface area contributed by atoms with E-state index < -0.39 is 0 Å². The second kappa shape index (κ2) is 7.55. The number of benzene rings is 2. The van der Waals surface area contributed by atoms with Crippen molar-refractivity contribution < 1.29 is 19.4 Å². The molecule has 0 atom stereocenters. The molecule has 126 valence electrons. The van der Waals surface area contributed by atoms with E-state index in [2.05, 4.69) is 0 Å². The first-order valence-corrected chi connectivity index (χ1v) is 7.41. The van der Waals surface area contributed by atoms with E-state index >= 15 is 0 Å². The predicted molar refractivity (Wildman–Crippen MR) is 95.3 cm³/mol. The highest BCUT2D eigenvalue weighted by Crippen LogP contribution is 2.39. The van der Waals surface area contributed by atoms with Crippen molar-refractivity contribution in [3.63, 3.8) is 0 Å². The number of ketones is 1. The summed E-state index contributed by atoms with van der Waals surface area (Å²) in [5, 5.41) is 10.2. The van der Waals surface area contributed by atoms with Crippen LogP contribution in [0.5, 0.6) is 17.2 Å². The molecule has 1 N–H and O–H groups in total. The molecule has 0 saturated heterocycles. The quantitative estimate of drug-likeness (QED) is 0.651. The molecule has 0 bridgehead atoms. The number of rotatable bonds is 6. The van der Waals surface area contributed by atoms with Crippen LogP contribution in [-0.2, 0) is 0 Å². The van der Waals surface area contributed by atoms with Crippen molar-refractivity contribution in [3.05, 3.63) is 53.6 Å². The summed E-state index contributed by atoms with van der Waals surface area (Å²) in [6.07, 6.45) is 3.13. The van der Waals surface area contributed by atoms with Gasteiger partial charge in [-0.15, -0.1) is 0 Å². The van der Waals surface area contributed by atoms with Gasteiger partial charge in [-0.05, 0) is 35.9 Å². The number of carbonyl (C=O) groups is 1. The second-order valence-corrected chi connectivity index (χ2v) is 5.38. The Kier molecular flexibility index (Phi) is 5.47. The SMILES string of the molecule is COc1ccc(C(=O)/C=C/c2ccc(N(C)C)cc2)c(O)c1OC. The molecule has 0 aromatic heterocycles. The smallest absolute Gasteiger partial charge is 0.203 e. The molecule has 0 aliphatic heterocycles. The van der Waals surface area contributed by atoms with Crippen molar-refractivity contribution in [2.75, 3.05) is 33.2 Å². The molecule has 0 aliphatic rings. The van der Waals surface area contributed by atoms with E-state index in [0.717, 1.165) is 11.3 Å². The maximum atomic E-state index is 12.3. The molecule has 0 fully saturated rings. The average Bonchev–Trinajstić information content (AvgIpc) is 2.59. The number of aromatic hydroxyl groups is 1. The summed E-state index contributed by atoms with van der Waals surface area (Å²) in [6, 6.07) is 10.9. The molecule has 5 heteroatoms. The van der Waals surface area contributed by atoms with E-state index in [1.165, 1.54) is 26.4 Å². The van der Waals surface area contributed by atoms with Gasteiger partial charge in [-0.1, -0.05) is 18.2 Å². The summed E-state index contributed by atoms with van der Waals surface area (Å²) >= 11 is 0. The number of allylic oxidation sites excluding steroid dienone is 1. The number of methoxy groups -OCH3 is 2. The molecule has 2 aromatic carbocycles. The van der Waals surface area contributed by atoms with Crippen molar-refractivity contribution in [2.45, 2.75) is 0 Å². The third kappa shape index (κ3) is 3.68. The van der Waals surface area contributed by atoms with Gasteiger partial charge in [0.2, 0.25) is 5.75 Å². The Morgan fingerprint density at radius 2 is 1.71 bits per heavy atom. The Bertz CT molecular complexity index is 749.